The molecule has 11 nitrogen and oxygen atoms in total. The normalized spacial score (nSPS) is 23.0. The maximum absolute atomic E-state index is 14.0. The molecule has 0 radical (unpaired) electrons. The Bertz CT molecular complexity index is 1830. The number of Topliss-reactive ketones (excluding diaryl/α,β-unsaturated/α-hetero) is 1. The molecule has 56 heavy (non-hydrogen) atoms. The Hall–Kier alpha value is -4.94. The first-order chi connectivity index (χ1) is 26.7. The molecule has 12 heteroatoms. The fourth-order valence-electron chi connectivity index (χ4n) is 7.75. The van der Waals surface area contributed by atoms with E-state index in [1.165, 1.54) is 4.90 Å². The molecule has 1 aromatic heterocycles. The Morgan fingerprint density at radius 1 is 0.929 bits per heavy atom. The number of hydrogen-bond donors (Lipinski definition) is 3. The molecule has 298 valence electrons. The molecule has 0 bridgehead atoms. The van der Waals surface area contributed by atoms with Crippen LogP contribution in [0.15, 0.2) is 97.3 Å². The fourth-order valence-corrected chi connectivity index (χ4v) is 12.4. The Balaban J connectivity index is 1.28. The number of carbonyl (C=O) groups excluding carboxylic acids is 5. The van der Waals surface area contributed by atoms with E-state index in [0.717, 1.165) is 15.9 Å². The molecule has 3 aromatic rings. The van der Waals surface area contributed by atoms with E-state index >= 15 is 0 Å². The van der Waals surface area contributed by atoms with Crippen LogP contribution in [0.2, 0.25) is 5.04 Å². The summed E-state index contributed by atoms with van der Waals surface area (Å²) in [6, 6.07) is 21.3. The molecular weight excluding hydrogens is 723 g/mol. The van der Waals surface area contributed by atoms with Crippen molar-refractivity contribution in [2.75, 3.05) is 6.54 Å². The van der Waals surface area contributed by atoms with Gasteiger partial charge in [-0.15, -0.1) is 0 Å². The van der Waals surface area contributed by atoms with Crippen LogP contribution in [-0.2, 0) is 34.8 Å². The zero-order valence-corrected chi connectivity index (χ0v) is 34.5. The minimum absolute atomic E-state index is 0.0655. The third kappa shape index (κ3) is 9.53. The third-order valence-electron chi connectivity index (χ3n) is 11.2. The van der Waals surface area contributed by atoms with Gasteiger partial charge in [-0.3, -0.25) is 29.0 Å². The van der Waals surface area contributed by atoms with E-state index in [0.29, 0.717) is 25.8 Å². The molecule has 5 rings (SSSR count). The Kier molecular flexibility index (Phi) is 13.8. The zero-order chi connectivity index (χ0) is 40.5. The smallest absolute Gasteiger partial charge is 0.262 e. The Morgan fingerprint density at radius 3 is 2.14 bits per heavy atom. The number of aromatic nitrogens is 1. The Morgan fingerprint density at radius 2 is 1.55 bits per heavy atom. The topological polar surface area (TPSA) is 147 Å². The molecule has 2 aliphatic rings. The summed E-state index contributed by atoms with van der Waals surface area (Å²) in [6.45, 7) is 12.1. The van der Waals surface area contributed by atoms with Crippen molar-refractivity contribution in [2.45, 2.75) is 121 Å². The van der Waals surface area contributed by atoms with Gasteiger partial charge < -0.3 is 25.3 Å². The number of nitrogens with zero attached hydrogens (tertiary/aromatic N) is 2. The van der Waals surface area contributed by atoms with Crippen molar-refractivity contribution in [3.8, 4) is 0 Å². The number of allylic oxidation sites excluding steroid dienone is 2. The number of rotatable bonds is 13. The van der Waals surface area contributed by atoms with Gasteiger partial charge in [-0.25, -0.2) is 0 Å². The number of hydrogen-bond acceptors (Lipinski definition) is 7. The monoisotopic (exact) mass is 779 g/mol. The van der Waals surface area contributed by atoms with Crippen molar-refractivity contribution in [3.05, 3.63) is 103 Å². The SMILES string of the molecule is CC[C@]1(C)NC(=O)[C@H](CCC=CCC(=O)[C@@H](C)O[Si](c2ccccc2)(c2ccccc2)C(C)(C)C)NC(=O)[C@H]2CCCN2C(=O)[C@H](Cc2ccncc2)NC1=O. The maximum atomic E-state index is 14.0. The van der Waals surface area contributed by atoms with E-state index in [9.17, 15) is 24.0 Å². The summed E-state index contributed by atoms with van der Waals surface area (Å²) >= 11 is 0. The molecule has 3 N–H and O–H groups in total. The summed E-state index contributed by atoms with van der Waals surface area (Å²) in [5.74, 6) is -1.77. The van der Waals surface area contributed by atoms with Gasteiger partial charge in [0.15, 0.2) is 5.78 Å². The highest BCUT2D eigenvalue weighted by atomic mass is 28.4. The van der Waals surface area contributed by atoms with Gasteiger partial charge in [-0.05, 0) is 79.1 Å². The lowest BCUT2D eigenvalue weighted by Gasteiger charge is -2.44. The van der Waals surface area contributed by atoms with E-state index in [-0.39, 0.29) is 42.4 Å². The first kappa shape index (κ1) is 42.2. The first-order valence-corrected chi connectivity index (χ1v) is 21.7. The second-order valence-corrected chi connectivity index (χ2v) is 20.4. The number of carbonyl (C=O) groups is 5. The molecule has 0 unspecified atom stereocenters. The van der Waals surface area contributed by atoms with Crippen LogP contribution >= 0.6 is 0 Å². The van der Waals surface area contributed by atoms with Crippen molar-refractivity contribution in [1.82, 2.24) is 25.8 Å². The quantitative estimate of drug-likeness (QED) is 0.175. The van der Waals surface area contributed by atoms with E-state index in [1.54, 1.807) is 44.4 Å². The molecule has 4 amide bonds. The molecule has 3 heterocycles. The van der Waals surface area contributed by atoms with Crippen LogP contribution in [0.3, 0.4) is 0 Å². The minimum Gasteiger partial charge on any atom is -0.398 e. The zero-order valence-electron chi connectivity index (χ0n) is 33.5. The highest BCUT2D eigenvalue weighted by Gasteiger charge is 2.51. The van der Waals surface area contributed by atoms with Crippen LogP contribution in [0.4, 0.5) is 0 Å². The number of nitrogens with one attached hydrogen (secondary N) is 3. The van der Waals surface area contributed by atoms with E-state index in [1.807, 2.05) is 49.4 Å². The molecule has 2 saturated heterocycles. The minimum atomic E-state index is -2.93. The number of pyridine rings is 1. The van der Waals surface area contributed by atoms with Gasteiger partial charge in [-0.1, -0.05) is 101 Å². The summed E-state index contributed by atoms with van der Waals surface area (Å²) in [6.07, 6.45) is 8.47. The second kappa shape index (κ2) is 18.3. The van der Waals surface area contributed by atoms with Crippen molar-refractivity contribution in [2.24, 2.45) is 0 Å². The summed E-state index contributed by atoms with van der Waals surface area (Å²) in [5.41, 5.74) is -0.534. The fraction of sp³-hybridized carbons (Fsp3) is 0.455. The first-order valence-electron chi connectivity index (χ1n) is 19.8. The summed E-state index contributed by atoms with van der Waals surface area (Å²) < 4.78 is 6.99. The Labute approximate surface area is 332 Å². The second-order valence-electron chi connectivity index (χ2n) is 16.2. The largest absolute Gasteiger partial charge is 0.398 e. The molecular formula is C44H57N5O6Si. The predicted molar refractivity (Wildman–Crippen MR) is 220 cm³/mol. The van der Waals surface area contributed by atoms with Gasteiger partial charge in [0.1, 0.15) is 29.8 Å². The summed E-state index contributed by atoms with van der Waals surface area (Å²) in [5, 5.41) is 10.6. The van der Waals surface area contributed by atoms with Gasteiger partial charge in [0, 0.05) is 31.8 Å². The van der Waals surface area contributed by atoms with Gasteiger partial charge >= 0.3 is 0 Å². The number of amides is 4. The average molecular weight is 780 g/mol. The molecule has 5 atom stereocenters. The lowest BCUT2D eigenvalue weighted by atomic mass is 9.94. The van der Waals surface area contributed by atoms with Gasteiger partial charge in [-0.2, -0.15) is 0 Å². The van der Waals surface area contributed by atoms with E-state index < -0.39 is 55.8 Å². The van der Waals surface area contributed by atoms with Gasteiger partial charge in [0.2, 0.25) is 23.6 Å². The lowest BCUT2D eigenvalue weighted by molar-refractivity contribution is -0.144. The van der Waals surface area contributed by atoms with Crippen LogP contribution in [0.5, 0.6) is 0 Å². The van der Waals surface area contributed by atoms with Gasteiger partial charge in [0.05, 0.1) is 0 Å². The predicted octanol–water partition coefficient (Wildman–Crippen LogP) is 4.14. The summed E-state index contributed by atoms with van der Waals surface area (Å²) in [7, 11) is -2.93. The van der Waals surface area contributed by atoms with Crippen molar-refractivity contribution < 1.29 is 28.4 Å². The van der Waals surface area contributed by atoms with E-state index in [2.05, 4.69) is 66.0 Å². The van der Waals surface area contributed by atoms with E-state index in [4.69, 9.17) is 4.43 Å². The highest BCUT2D eigenvalue weighted by Crippen LogP contribution is 2.37. The number of fused-ring (bicyclic) bond motifs is 1. The van der Waals surface area contributed by atoms with Crippen LogP contribution in [0, 0.1) is 0 Å². The van der Waals surface area contributed by atoms with Crippen LogP contribution < -0.4 is 26.3 Å². The number of benzene rings is 2. The molecule has 0 spiro atoms. The van der Waals surface area contributed by atoms with Crippen molar-refractivity contribution in [1.29, 1.82) is 0 Å². The molecule has 2 aliphatic heterocycles. The molecule has 2 aromatic carbocycles. The molecule has 0 aliphatic carbocycles. The maximum Gasteiger partial charge on any atom is 0.262 e. The van der Waals surface area contributed by atoms with Crippen molar-refractivity contribution >= 4 is 48.1 Å². The molecule has 2 fully saturated rings. The van der Waals surface area contributed by atoms with Crippen LogP contribution in [0.25, 0.3) is 0 Å². The standard InChI is InChI=1S/C44H57N5O6Si/c1-7-44(6)42(54)47-36(30-32-25-27-45-28-26-32)41(53)49-29-17-23-37(49)40(52)46-35(39(51)48-44)22-15-10-16-24-38(50)31(2)55-56(43(3,4)5,33-18-11-8-12-19-33)34-20-13-9-14-21-34/h8-14,16,18-21,25-28,31,35-37H,7,15,17,22-24,29-30H2,1-6H3,(H,46,52)(H,47,54)(H,48,51)/t31-,35+,36+,37-,44+/m1/s1. The van der Waals surface area contributed by atoms with Crippen LogP contribution in [-0.4, -0.2) is 83.9 Å². The summed E-state index contributed by atoms with van der Waals surface area (Å²) in [4.78, 5) is 74.6. The third-order valence-corrected chi connectivity index (χ3v) is 16.3. The van der Waals surface area contributed by atoms with Crippen LogP contribution in [0.1, 0.15) is 85.6 Å². The molecule has 0 saturated carbocycles. The average Bonchev–Trinajstić information content (AvgIpc) is 3.69. The van der Waals surface area contributed by atoms with Gasteiger partial charge in [0.25, 0.3) is 8.32 Å². The highest BCUT2D eigenvalue weighted by molar-refractivity contribution is 6.99. The van der Waals surface area contributed by atoms with Crippen molar-refractivity contribution in [3.63, 3.8) is 0 Å². The number of ketones is 1. The lowest BCUT2D eigenvalue weighted by Crippen LogP contribution is -2.68.